The summed E-state index contributed by atoms with van der Waals surface area (Å²) in [5.74, 6) is 2.13. The average Bonchev–Trinajstić information content (AvgIpc) is 3.31. The van der Waals surface area contributed by atoms with Crippen LogP contribution in [0.25, 0.3) is 0 Å². The zero-order chi connectivity index (χ0) is 18.3. The van der Waals surface area contributed by atoms with Crippen LogP contribution in [0.3, 0.4) is 0 Å². The summed E-state index contributed by atoms with van der Waals surface area (Å²) in [6, 6.07) is 10.3. The van der Waals surface area contributed by atoms with Gasteiger partial charge in [-0.1, -0.05) is 49.7 Å². The third-order valence-corrected chi connectivity index (χ3v) is 6.01. The number of fused-ring (bicyclic) bond motifs is 3. The molecule has 1 aliphatic heterocycles. The molecule has 4 rings (SSSR count). The lowest BCUT2D eigenvalue weighted by molar-refractivity contribution is 0.0914. The molecule has 0 spiro atoms. The number of nitrogens with one attached hydrogen (secondary N) is 1. The molecule has 0 radical (unpaired) electrons. The molecule has 1 aliphatic carbocycles. The van der Waals surface area contributed by atoms with Crippen molar-refractivity contribution in [1.82, 2.24) is 15.4 Å². The molecule has 2 aliphatic rings. The predicted octanol–water partition coefficient (Wildman–Crippen LogP) is 3.53. The van der Waals surface area contributed by atoms with Crippen molar-refractivity contribution in [3.05, 3.63) is 52.9 Å². The van der Waals surface area contributed by atoms with Crippen LogP contribution in [0.5, 0.6) is 0 Å². The zero-order valence-electron chi connectivity index (χ0n) is 15.7. The highest BCUT2D eigenvalue weighted by molar-refractivity contribution is 5.92. The van der Waals surface area contributed by atoms with Crippen molar-refractivity contribution in [3.63, 3.8) is 0 Å². The number of aryl methyl sites for hydroxylation is 1. The number of carbonyl (C=O) groups excluding carboxylic acids is 1. The number of carbonyl (C=O) groups is 1. The van der Waals surface area contributed by atoms with Crippen LogP contribution in [-0.2, 0) is 0 Å². The van der Waals surface area contributed by atoms with Gasteiger partial charge in [-0.3, -0.25) is 4.79 Å². The molecule has 2 aromatic rings. The van der Waals surface area contributed by atoms with Crippen molar-refractivity contribution in [2.24, 2.45) is 11.8 Å². The second-order valence-electron chi connectivity index (χ2n) is 7.91. The molecule has 26 heavy (non-hydrogen) atoms. The number of hydrogen-bond acceptors (Lipinski definition) is 4. The van der Waals surface area contributed by atoms with Crippen LogP contribution in [0.2, 0.25) is 0 Å². The largest absolute Gasteiger partial charge is 0.361 e. The summed E-state index contributed by atoms with van der Waals surface area (Å²) < 4.78 is 5.06. The Balaban J connectivity index is 1.56. The minimum Gasteiger partial charge on any atom is -0.361 e. The molecule has 138 valence electrons. The summed E-state index contributed by atoms with van der Waals surface area (Å²) in [7, 11) is 0. The Morgan fingerprint density at radius 3 is 2.81 bits per heavy atom. The monoisotopic (exact) mass is 353 g/mol. The van der Waals surface area contributed by atoms with Crippen LogP contribution in [0.1, 0.15) is 59.6 Å². The van der Waals surface area contributed by atoms with Crippen LogP contribution in [-0.4, -0.2) is 35.6 Å². The van der Waals surface area contributed by atoms with Crippen LogP contribution in [0.15, 0.2) is 34.9 Å². The maximum atomic E-state index is 12.7. The summed E-state index contributed by atoms with van der Waals surface area (Å²) in [6.07, 6.45) is 1.20. The molecule has 1 aromatic heterocycles. The highest BCUT2D eigenvalue weighted by Gasteiger charge is 2.46. The lowest BCUT2D eigenvalue weighted by Gasteiger charge is -2.24. The quantitative estimate of drug-likeness (QED) is 0.893. The topological polar surface area (TPSA) is 58.4 Å². The normalized spacial score (nSPS) is 25.7. The summed E-state index contributed by atoms with van der Waals surface area (Å²) in [5, 5.41) is 7.10. The lowest BCUT2D eigenvalue weighted by Crippen LogP contribution is -2.34. The van der Waals surface area contributed by atoms with Crippen LogP contribution >= 0.6 is 0 Å². The van der Waals surface area contributed by atoms with Crippen molar-refractivity contribution in [2.45, 2.75) is 39.2 Å². The van der Waals surface area contributed by atoms with E-state index in [4.69, 9.17) is 4.52 Å². The second-order valence-corrected chi connectivity index (χ2v) is 7.91. The van der Waals surface area contributed by atoms with Crippen molar-refractivity contribution >= 4 is 5.91 Å². The fourth-order valence-corrected chi connectivity index (χ4v) is 4.53. The molecule has 1 unspecified atom stereocenters. The number of hydrogen-bond donors (Lipinski definition) is 1. The van der Waals surface area contributed by atoms with E-state index in [9.17, 15) is 4.79 Å². The van der Waals surface area contributed by atoms with Crippen LogP contribution in [0, 0.1) is 18.8 Å². The van der Waals surface area contributed by atoms with Gasteiger partial charge < -0.3 is 14.7 Å². The molecule has 0 saturated carbocycles. The SMILES string of the molecule is CCC(C)CN1C[C@@H]2[C@H](NC(=O)c3cc(C)on3)c3ccccc3[C@@H]2C1. The van der Waals surface area contributed by atoms with Crippen molar-refractivity contribution < 1.29 is 9.32 Å². The Hall–Kier alpha value is -2.14. The van der Waals surface area contributed by atoms with Crippen molar-refractivity contribution in [2.75, 3.05) is 19.6 Å². The van der Waals surface area contributed by atoms with E-state index in [1.807, 2.05) is 0 Å². The molecule has 5 nitrogen and oxygen atoms in total. The Morgan fingerprint density at radius 1 is 1.35 bits per heavy atom. The third kappa shape index (κ3) is 3.05. The Kier molecular flexibility index (Phi) is 4.57. The zero-order valence-corrected chi connectivity index (χ0v) is 15.7. The summed E-state index contributed by atoms with van der Waals surface area (Å²) in [5.41, 5.74) is 3.02. The first-order valence-electron chi connectivity index (χ1n) is 9.62. The number of aromatic nitrogens is 1. The minimum atomic E-state index is -0.150. The number of rotatable bonds is 5. The fourth-order valence-electron chi connectivity index (χ4n) is 4.53. The predicted molar refractivity (Wildman–Crippen MR) is 100 cm³/mol. The Labute approximate surface area is 154 Å². The van der Waals surface area contributed by atoms with E-state index in [2.05, 4.69) is 53.5 Å². The summed E-state index contributed by atoms with van der Waals surface area (Å²) in [4.78, 5) is 15.2. The molecule has 1 aromatic carbocycles. The maximum Gasteiger partial charge on any atom is 0.273 e. The summed E-state index contributed by atoms with van der Waals surface area (Å²) in [6.45, 7) is 9.62. The van der Waals surface area contributed by atoms with Crippen molar-refractivity contribution in [3.8, 4) is 0 Å². The van der Waals surface area contributed by atoms with Gasteiger partial charge in [-0.15, -0.1) is 0 Å². The maximum absolute atomic E-state index is 12.7. The van der Waals surface area contributed by atoms with E-state index >= 15 is 0 Å². The fraction of sp³-hybridized carbons (Fsp3) is 0.524. The molecular weight excluding hydrogens is 326 g/mol. The van der Waals surface area contributed by atoms with Gasteiger partial charge in [-0.05, 0) is 24.0 Å². The highest BCUT2D eigenvalue weighted by Crippen LogP contribution is 2.49. The number of likely N-dealkylation sites (tertiary alicyclic amines) is 1. The first-order valence-corrected chi connectivity index (χ1v) is 9.62. The first-order chi connectivity index (χ1) is 12.6. The smallest absolute Gasteiger partial charge is 0.273 e. The Bertz CT molecular complexity index is 800. The van der Waals surface area contributed by atoms with Gasteiger partial charge in [0.1, 0.15) is 5.76 Å². The molecule has 1 N–H and O–H groups in total. The van der Waals surface area contributed by atoms with E-state index in [0.29, 0.717) is 29.2 Å². The van der Waals surface area contributed by atoms with E-state index in [-0.39, 0.29) is 11.9 Å². The minimum absolute atomic E-state index is 0.0441. The number of nitrogens with zero attached hydrogens (tertiary/aromatic N) is 2. The average molecular weight is 353 g/mol. The molecule has 0 bridgehead atoms. The molecule has 5 heteroatoms. The first kappa shape index (κ1) is 17.3. The van der Waals surface area contributed by atoms with Crippen LogP contribution in [0.4, 0.5) is 0 Å². The lowest BCUT2D eigenvalue weighted by atomic mass is 9.94. The van der Waals surface area contributed by atoms with Crippen LogP contribution < -0.4 is 5.32 Å². The molecule has 2 heterocycles. The van der Waals surface area contributed by atoms with E-state index in [0.717, 1.165) is 19.6 Å². The molecule has 1 fully saturated rings. The number of amides is 1. The summed E-state index contributed by atoms with van der Waals surface area (Å²) >= 11 is 0. The molecule has 4 atom stereocenters. The van der Waals surface area contributed by atoms with E-state index in [1.165, 1.54) is 17.5 Å². The molecule has 1 saturated heterocycles. The van der Waals surface area contributed by atoms with Gasteiger partial charge in [0.05, 0.1) is 6.04 Å². The highest BCUT2D eigenvalue weighted by atomic mass is 16.5. The van der Waals surface area contributed by atoms with Gasteiger partial charge >= 0.3 is 0 Å². The van der Waals surface area contributed by atoms with E-state index in [1.54, 1.807) is 13.0 Å². The van der Waals surface area contributed by atoms with Crippen molar-refractivity contribution in [1.29, 1.82) is 0 Å². The standard InChI is InChI=1S/C21H27N3O2/c1-4-13(2)10-24-11-17-15-7-5-6-8-16(15)20(18(17)12-24)22-21(25)19-9-14(3)26-23-19/h5-9,13,17-18,20H,4,10-12H2,1-3H3,(H,22,25)/t13?,17-,18-,20+/m0/s1. The molecule has 1 amide bonds. The number of benzene rings is 1. The second kappa shape index (κ2) is 6.88. The van der Waals surface area contributed by atoms with Gasteiger partial charge in [0.25, 0.3) is 5.91 Å². The van der Waals surface area contributed by atoms with Gasteiger partial charge in [0.15, 0.2) is 5.69 Å². The van der Waals surface area contributed by atoms with Gasteiger partial charge in [0.2, 0.25) is 0 Å². The third-order valence-electron chi connectivity index (χ3n) is 6.01. The van der Waals surface area contributed by atoms with Gasteiger partial charge in [-0.25, -0.2) is 0 Å². The van der Waals surface area contributed by atoms with Gasteiger partial charge in [-0.2, -0.15) is 0 Å². The van der Waals surface area contributed by atoms with E-state index < -0.39 is 0 Å². The van der Waals surface area contributed by atoms with Gasteiger partial charge in [0, 0.05) is 37.5 Å². The Morgan fingerprint density at radius 2 is 2.12 bits per heavy atom. The molecular formula is C21H27N3O2.